The number of aryl methyl sites for hydroxylation is 2. The number of benzene rings is 1. The molecule has 0 aliphatic rings. The van der Waals surface area contributed by atoms with Crippen molar-refractivity contribution in [2.45, 2.75) is 118 Å². The standard InChI is InChI=1S/C28H47N3O5/c1-11-14-20(5)29-24(33)23(22-18(3)15-13-16-19(22)4)31(28(9,10)12-2)25(34)21(17-32)30-26(35)36-27(6,7)8/h13,15-16,20-21,23,32H,11-12,14,17H2,1-10H3,(H,29,33)(H,30,35). The summed E-state index contributed by atoms with van der Waals surface area (Å²) >= 11 is 0. The van der Waals surface area contributed by atoms with Gasteiger partial charge in [-0.3, -0.25) is 9.59 Å². The molecule has 0 aromatic heterocycles. The molecule has 204 valence electrons. The summed E-state index contributed by atoms with van der Waals surface area (Å²) in [5.41, 5.74) is 0.950. The lowest BCUT2D eigenvalue weighted by Gasteiger charge is -2.45. The highest BCUT2D eigenvalue weighted by Gasteiger charge is 2.44. The van der Waals surface area contributed by atoms with Crippen LogP contribution in [-0.4, -0.2) is 57.7 Å². The molecule has 0 saturated carbocycles. The van der Waals surface area contributed by atoms with E-state index in [-0.39, 0.29) is 11.9 Å². The predicted molar refractivity (Wildman–Crippen MR) is 143 cm³/mol. The highest BCUT2D eigenvalue weighted by Crippen LogP contribution is 2.35. The first-order valence-electron chi connectivity index (χ1n) is 12.9. The van der Waals surface area contributed by atoms with Crippen molar-refractivity contribution in [3.63, 3.8) is 0 Å². The fourth-order valence-corrected chi connectivity index (χ4v) is 4.21. The van der Waals surface area contributed by atoms with Gasteiger partial charge in [0.1, 0.15) is 17.7 Å². The summed E-state index contributed by atoms with van der Waals surface area (Å²) < 4.78 is 5.31. The Hall–Kier alpha value is -2.61. The molecule has 0 radical (unpaired) electrons. The number of hydrogen-bond acceptors (Lipinski definition) is 5. The molecular formula is C28H47N3O5. The molecule has 8 nitrogen and oxygen atoms in total. The first kappa shape index (κ1) is 31.4. The van der Waals surface area contributed by atoms with Gasteiger partial charge in [-0.1, -0.05) is 38.5 Å². The molecule has 0 saturated heterocycles. The Morgan fingerprint density at radius 2 is 1.58 bits per heavy atom. The molecule has 0 aliphatic heterocycles. The minimum atomic E-state index is -1.28. The van der Waals surface area contributed by atoms with E-state index in [2.05, 4.69) is 17.6 Å². The van der Waals surface area contributed by atoms with Crippen LogP contribution in [-0.2, 0) is 14.3 Å². The van der Waals surface area contributed by atoms with Crippen molar-refractivity contribution in [3.8, 4) is 0 Å². The van der Waals surface area contributed by atoms with Gasteiger partial charge >= 0.3 is 6.09 Å². The van der Waals surface area contributed by atoms with E-state index in [1.807, 2.05) is 59.7 Å². The largest absolute Gasteiger partial charge is 0.444 e. The monoisotopic (exact) mass is 505 g/mol. The number of hydrogen-bond donors (Lipinski definition) is 3. The highest BCUT2D eigenvalue weighted by atomic mass is 16.6. The van der Waals surface area contributed by atoms with E-state index >= 15 is 0 Å². The molecule has 0 aliphatic carbocycles. The third kappa shape index (κ3) is 8.50. The number of aliphatic hydroxyl groups excluding tert-OH is 1. The van der Waals surface area contributed by atoms with Crippen molar-refractivity contribution >= 4 is 17.9 Å². The molecule has 1 rings (SSSR count). The molecule has 1 aromatic carbocycles. The fourth-order valence-electron chi connectivity index (χ4n) is 4.21. The van der Waals surface area contributed by atoms with Crippen LogP contribution in [0.15, 0.2) is 18.2 Å². The van der Waals surface area contributed by atoms with E-state index in [0.717, 1.165) is 29.5 Å². The zero-order valence-corrected chi connectivity index (χ0v) is 23.8. The van der Waals surface area contributed by atoms with Crippen LogP contribution in [0.1, 0.15) is 97.4 Å². The quantitative estimate of drug-likeness (QED) is 0.409. The van der Waals surface area contributed by atoms with Crippen molar-refractivity contribution < 1.29 is 24.2 Å². The van der Waals surface area contributed by atoms with Crippen LogP contribution >= 0.6 is 0 Å². The van der Waals surface area contributed by atoms with Gasteiger partial charge in [0.2, 0.25) is 11.8 Å². The molecule has 3 amide bonds. The van der Waals surface area contributed by atoms with Crippen LogP contribution in [0.5, 0.6) is 0 Å². The summed E-state index contributed by atoms with van der Waals surface area (Å²) in [6.07, 6.45) is 1.44. The number of carbonyl (C=O) groups excluding carboxylic acids is 3. The second kappa shape index (κ2) is 13.1. The van der Waals surface area contributed by atoms with E-state index in [0.29, 0.717) is 6.42 Å². The Labute approximate surface area is 217 Å². The van der Waals surface area contributed by atoms with E-state index in [1.54, 1.807) is 20.8 Å². The molecule has 0 spiro atoms. The number of aliphatic hydroxyl groups is 1. The normalized spacial score (nSPS) is 14.4. The van der Waals surface area contributed by atoms with E-state index < -0.39 is 41.8 Å². The predicted octanol–water partition coefficient (Wildman–Crippen LogP) is 4.55. The minimum absolute atomic E-state index is 0.0791. The Kier molecular flexibility index (Phi) is 11.4. The number of amides is 3. The Morgan fingerprint density at radius 3 is 2.03 bits per heavy atom. The smallest absolute Gasteiger partial charge is 0.408 e. The van der Waals surface area contributed by atoms with E-state index in [4.69, 9.17) is 4.74 Å². The van der Waals surface area contributed by atoms with Crippen LogP contribution in [0.2, 0.25) is 0 Å². The second-order valence-corrected chi connectivity index (χ2v) is 11.2. The molecular weight excluding hydrogens is 458 g/mol. The molecule has 0 bridgehead atoms. The lowest BCUT2D eigenvalue weighted by molar-refractivity contribution is -0.150. The zero-order valence-electron chi connectivity index (χ0n) is 23.8. The summed E-state index contributed by atoms with van der Waals surface area (Å²) in [7, 11) is 0. The van der Waals surface area contributed by atoms with Crippen molar-refractivity contribution in [2.75, 3.05) is 6.61 Å². The van der Waals surface area contributed by atoms with Crippen LogP contribution in [0.3, 0.4) is 0 Å². The van der Waals surface area contributed by atoms with Gasteiger partial charge in [-0.2, -0.15) is 0 Å². The summed E-state index contributed by atoms with van der Waals surface area (Å²) in [5.74, 6) is -0.849. The Bertz CT molecular complexity index is 887. The van der Waals surface area contributed by atoms with Crippen LogP contribution < -0.4 is 10.6 Å². The molecule has 1 aromatic rings. The number of alkyl carbamates (subject to hydrolysis) is 1. The molecule has 0 fully saturated rings. The summed E-state index contributed by atoms with van der Waals surface area (Å²) in [4.78, 5) is 41.9. The van der Waals surface area contributed by atoms with Gasteiger partial charge in [0.25, 0.3) is 0 Å². The number of nitrogens with zero attached hydrogens (tertiary/aromatic N) is 1. The summed E-state index contributed by atoms with van der Waals surface area (Å²) in [6, 6.07) is 3.44. The first-order valence-corrected chi connectivity index (χ1v) is 12.9. The van der Waals surface area contributed by atoms with Gasteiger partial charge in [0, 0.05) is 11.6 Å². The van der Waals surface area contributed by atoms with Crippen LogP contribution in [0.25, 0.3) is 0 Å². The van der Waals surface area contributed by atoms with Crippen molar-refractivity contribution in [3.05, 3.63) is 34.9 Å². The topological polar surface area (TPSA) is 108 Å². The lowest BCUT2D eigenvalue weighted by Crippen LogP contribution is -2.60. The summed E-state index contributed by atoms with van der Waals surface area (Å²) in [6.45, 7) is 18.1. The number of carbonyl (C=O) groups is 3. The van der Waals surface area contributed by atoms with Gasteiger partial charge in [-0.15, -0.1) is 0 Å². The third-order valence-electron chi connectivity index (χ3n) is 6.36. The second-order valence-electron chi connectivity index (χ2n) is 11.2. The molecule has 3 unspecified atom stereocenters. The van der Waals surface area contributed by atoms with Crippen LogP contribution in [0.4, 0.5) is 4.79 Å². The molecule has 0 heterocycles. The molecule has 36 heavy (non-hydrogen) atoms. The average Bonchev–Trinajstić information content (AvgIpc) is 2.74. The molecule has 8 heteroatoms. The average molecular weight is 506 g/mol. The maximum atomic E-state index is 14.1. The van der Waals surface area contributed by atoms with E-state index in [1.165, 1.54) is 4.90 Å². The maximum Gasteiger partial charge on any atom is 0.408 e. The van der Waals surface area contributed by atoms with E-state index in [9.17, 15) is 19.5 Å². The Balaban J connectivity index is 3.66. The summed E-state index contributed by atoms with van der Waals surface area (Å²) in [5, 5.41) is 15.7. The SMILES string of the molecule is CCCC(C)NC(=O)C(c1c(C)cccc1C)N(C(=O)C(CO)NC(=O)OC(C)(C)C)C(C)(C)CC. The number of rotatable bonds is 11. The fraction of sp³-hybridized carbons (Fsp3) is 0.679. The molecule has 3 N–H and O–H groups in total. The van der Waals surface area contributed by atoms with Gasteiger partial charge < -0.3 is 25.4 Å². The van der Waals surface area contributed by atoms with Gasteiger partial charge in [-0.05, 0) is 84.9 Å². The lowest BCUT2D eigenvalue weighted by atomic mass is 9.88. The van der Waals surface area contributed by atoms with Crippen molar-refractivity contribution in [1.82, 2.24) is 15.5 Å². The van der Waals surface area contributed by atoms with Gasteiger partial charge in [-0.25, -0.2) is 4.79 Å². The number of nitrogens with one attached hydrogen (secondary N) is 2. The minimum Gasteiger partial charge on any atom is -0.444 e. The zero-order chi connectivity index (χ0) is 27.8. The van der Waals surface area contributed by atoms with Crippen molar-refractivity contribution in [1.29, 1.82) is 0 Å². The first-order chi connectivity index (χ1) is 16.6. The Morgan fingerprint density at radius 1 is 1.03 bits per heavy atom. The number of ether oxygens (including phenoxy) is 1. The van der Waals surface area contributed by atoms with Crippen LogP contribution in [0, 0.1) is 13.8 Å². The molecule has 3 atom stereocenters. The van der Waals surface area contributed by atoms with Crippen molar-refractivity contribution in [2.24, 2.45) is 0 Å². The van der Waals surface area contributed by atoms with Gasteiger partial charge in [0.05, 0.1) is 6.61 Å². The highest BCUT2D eigenvalue weighted by molar-refractivity contribution is 5.93. The maximum absolute atomic E-state index is 14.1. The van der Waals surface area contributed by atoms with Gasteiger partial charge in [0.15, 0.2) is 0 Å². The third-order valence-corrected chi connectivity index (χ3v) is 6.36.